The van der Waals surface area contributed by atoms with Crippen LogP contribution in [0.25, 0.3) is 5.57 Å². The Hall–Kier alpha value is -3.14. The van der Waals surface area contributed by atoms with Crippen molar-refractivity contribution in [2.45, 2.75) is 25.9 Å². The molecule has 0 aromatic carbocycles. The molecule has 32 heavy (non-hydrogen) atoms. The van der Waals surface area contributed by atoms with Crippen molar-refractivity contribution in [3.05, 3.63) is 58.5 Å². The fourth-order valence-corrected chi connectivity index (χ4v) is 3.48. The van der Waals surface area contributed by atoms with E-state index in [9.17, 15) is 22.8 Å². The zero-order valence-electron chi connectivity index (χ0n) is 17.1. The smallest absolute Gasteiger partial charge is 0.369 e. The minimum Gasteiger partial charge on any atom is -0.369 e. The average Bonchev–Trinajstić information content (AvgIpc) is 2.73. The summed E-state index contributed by atoms with van der Waals surface area (Å²) in [5, 5.41) is 2.93. The summed E-state index contributed by atoms with van der Waals surface area (Å²) < 4.78 is 37.8. The Labute approximate surface area is 187 Å². The van der Waals surface area contributed by atoms with Crippen LogP contribution in [0.2, 0.25) is 5.02 Å². The van der Waals surface area contributed by atoms with Gasteiger partial charge in [-0.1, -0.05) is 24.6 Å². The molecule has 3 heterocycles. The molecular weight excluding hydrogens is 447 g/mol. The second-order valence-electron chi connectivity index (χ2n) is 7.47. The molecule has 0 fully saturated rings. The predicted molar refractivity (Wildman–Crippen MR) is 114 cm³/mol. The zero-order chi connectivity index (χ0) is 23.5. The fraction of sp³-hybridized carbons (Fsp3) is 0.333. The molecule has 2 aromatic rings. The Morgan fingerprint density at radius 2 is 2.03 bits per heavy atom. The molecule has 7 nitrogen and oxygen atoms in total. The lowest BCUT2D eigenvalue weighted by Gasteiger charge is -2.26. The van der Waals surface area contributed by atoms with Crippen molar-refractivity contribution in [2.75, 3.05) is 18.4 Å². The zero-order valence-corrected chi connectivity index (χ0v) is 17.9. The van der Waals surface area contributed by atoms with E-state index >= 15 is 0 Å². The second kappa shape index (κ2) is 9.56. The molecule has 0 spiro atoms. The van der Waals surface area contributed by atoms with E-state index in [4.69, 9.17) is 17.3 Å². The van der Waals surface area contributed by atoms with E-state index in [2.05, 4.69) is 15.3 Å². The van der Waals surface area contributed by atoms with Gasteiger partial charge in [0.1, 0.15) is 5.82 Å². The monoisotopic (exact) mass is 467 g/mol. The number of pyridine rings is 2. The van der Waals surface area contributed by atoms with Crippen LogP contribution in [-0.2, 0) is 17.4 Å². The highest BCUT2D eigenvalue weighted by Gasteiger charge is 2.30. The molecule has 11 heteroatoms. The van der Waals surface area contributed by atoms with E-state index in [0.717, 1.165) is 23.3 Å². The van der Waals surface area contributed by atoms with Crippen LogP contribution in [0.1, 0.15) is 30.2 Å². The summed E-state index contributed by atoms with van der Waals surface area (Å²) in [5.41, 5.74) is 6.68. The highest BCUT2D eigenvalue weighted by Crippen LogP contribution is 2.30. The Kier molecular flexibility index (Phi) is 7.02. The van der Waals surface area contributed by atoms with Crippen molar-refractivity contribution in [3.63, 3.8) is 0 Å². The van der Waals surface area contributed by atoms with Gasteiger partial charge in [0, 0.05) is 31.4 Å². The first-order valence-corrected chi connectivity index (χ1v) is 10.1. The van der Waals surface area contributed by atoms with Crippen molar-refractivity contribution in [1.29, 1.82) is 0 Å². The van der Waals surface area contributed by atoms with Crippen LogP contribution in [0.5, 0.6) is 0 Å². The molecule has 3 N–H and O–H groups in total. The van der Waals surface area contributed by atoms with Gasteiger partial charge in [-0.05, 0) is 42.2 Å². The van der Waals surface area contributed by atoms with Crippen molar-refractivity contribution < 1.29 is 22.8 Å². The molecule has 3 rings (SSSR count). The van der Waals surface area contributed by atoms with E-state index in [1.54, 1.807) is 19.2 Å². The summed E-state index contributed by atoms with van der Waals surface area (Å²) in [7, 11) is 0. The van der Waals surface area contributed by atoms with Gasteiger partial charge in [0.25, 0.3) is 0 Å². The highest BCUT2D eigenvalue weighted by molar-refractivity contribution is 6.32. The van der Waals surface area contributed by atoms with Gasteiger partial charge >= 0.3 is 12.2 Å². The Bertz CT molecular complexity index is 1040. The molecule has 1 atom stereocenters. The summed E-state index contributed by atoms with van der Waals surface area (Å²) in [6, 6.07) is 3.25. The third-order valence-corrected chi connectivity index (χ3v) is 5.34. The van der Waals surface area contributed by atoms with Crippen LogP contribution in [0.4, 0.5) is 23.8 Å². The molecule has 170 valence electrons. The maximum Gasteiger partial charge on any atom is 0.417 e. The first-order chi connectivity index (χ1) is 15.0. The van der Waals surface area contributed by atoms with Crippen molar-refractivity contribution >= 4 is 34.9 Å². The second-order valence-corrected chi connectivity index (χ2v) is 7.87. The molecule has 1 aliphatic heterocycles. The molecule has 0 aliphatic carbocycles. The number of carbonyl (C=O) groups excluding carboxylic acids is 2. The molecule has 0 saturated heterocycles. The van der Waals surface area contributed by atoms with Crippen molar-refractivity contribution in [2.24, 2.45) is 11.7 Å². The summed E-state index contributed by atoms with van der Waals surface area (Å²) in [4.78, 5) is 33.2. The summed E-state index contributed by atoms with van der Waals surface area (Å²) in [6.45, 7) is 2.38. The number of aromatic nitrogens is 2. The summed E-state index contributed by atoms with van der Waals surface area (Å²) in [6.07, 6.45) is 0.591. The minimum atomic E-state index is -4.49. The quantitative estimate of drug-likeness (QED) is 0.690. The van der Waals surface area contributed by atoms with Crippen LogP contribution in [0, 0.1) is 5.92 Å². The number of primary amides is 1. The number of rotatable bonds is 5. The van der Waals surface area contributed by atoms with E-state index in [-0.39, 0.29) is 18.3 Å². The maximum atomic E-state index is 12.6. The largest absolute Gasteiger partial charge is 0.417 e. The number of hydrogen-bond acceptors (Lipinski definition) is 4. The third-order valence-electron chi connectivity index (χ3n) is 5.05. The first-order valence-electron chi connectivity index (χ1n) is 9.77. The Morgan fingerprint density at radius 3 is 2.56 bits per heavy atom. The van der Waals surface area contributed by atoms with Gasteiger partial charge < -0.3 is 10.6 Å². The summed E-state index contributed by atoms with van der Waals surface area (Å²) >= 11 is 6.38. The van der Waals surface area contributed by atoms with Gasteiger partial charge in [-0.2, -0.15) is 13.2 Å². The van der Waals surface area contributed by atoms with Crippen molar-refractivity contribution in [3.8, 4) is 0 Å². The third kappa shape index (κ3) is 5.76. The molecule has 0 saturated carbocycles. The number of nitrogens with one attached hydrogen (secondary N) is 1. The lowest BCUT2D eigenvalue weighted by Crippen LogP contribution is -2.38. The van der Waals surface area contributed by atoms with Gasteiger partial charge in [0.15, 0.2) is 0 Å². The SMILES string of the molecule is CC(Cc1cnc(C2=CCN(C(=O)Nc3ccc(C(F)(F)F)cn3)CC2)c(Cl)c1)C(N)=O. The molecule has 1 aliphatic rings. The number of hydrogen-bond donors (Lipinski definition) is 2. The van der Waals surface area contributed by atoms with Gasteiger partial charge in [-0.3, -0.25) is 15.1 Å². The van der Waals surface area contributed by atoms with Crippen molar-refractivity contribution in [1.82, 2.24) is 14.9 Å². The van der Waals surface area contributed by atoms with Crippen LogP contribution < -0.4 is 11.1 Å². The number of carbonyl (C=O) groups is 2. The Balaban J connectivity index is 1.61. The van der Waals surface area contributed by atoms with Crippen LogP contribution in [0.15, 0.2) is 36.7 Å². The minimum absolute atomic E-state index is 0.0308. The van der Waals surface area contributed by atoms with E-state index < -0.39 is 23.7 Å². The van der Waals surface area contributed by atoms with Crippen LogP contribution in [-0.4, -0.2) is 39.9 Å². The topological polar surface area (TPSA) is 101 Å². The molecular formula is C21H21ClF3N5O2. The Morgan fingerprint density at radius 1 is 1.28 bits per heavy atom. The van der Waals surface area contributed by atoms with Gasteiger partial charge in [0.2, 0.25) is 5.91 Å². The number of nitrogens with two attached hydrogens (primary N) is 1. The molecule has 2 aromatic heterocycles. The highest BCUT2D eigenvalue weighted by atomic mass is 35.5. The molecule has 3 amide bonds. The van der Waals surface area contributed by atoms with Gasteiger partial charge in [0.05, 0.1) is 16.3 Å². The molecule has 0 radical (unpaired) electrons. The van der Waals surface area contributed by atoms with E-state index in [0.29, 0.717) is 36.3 Å². The van der Waals surface area contributed by atoms with E-state index in [1.807, 2.05) is 6.08 Å². The summed E-state index contributed by atoms with van der Waals surface area (Å²) in [5.74, 6) is -0.702. The fourth-order valence-electron chi connectivity index (χ4n) is 3.17. The number of amides is 3. The van der Waals surface area contributed by atoms with Crippen LogP contribution >= 0.6 is 11.6 Å². The lowest BCUT2D eigenvalue weighted by molar-refractivity contribution is -0.137. The first kappa shape index (κ1) is 23.5. The number of halogens is 4. The van der Waals surface area contributed by atoms with Gasteiger partial charge in [-0.25, -0.2) is 9.78 Å². The number of alkyl halides is 3. The molecule has 0 bridgehead atoms. The number of anilines is 1. The predicted octanol–water partition coefficient (Wildman–Crippen LogP) is 4.13. The number of nitrogens with zero attached hydrogens (tertiary/aromatic N) is 3. The maximum absolute atomic E-state index is 12.6. The molecule has 1 unspecified atom stereocenters. The lowest BCUT2D eigenvalue weighted by atomic mass is 10.00. The van der Waals surface area contributed by atoms with E-state index in [1.165, 1.54) is 4.90 Å². The normalized spacial score (nSPS) is 15.2. The average molecular weight is 468 g/mol. The van der Waals surface area contributed by atoms with Gasteiger partial charge in [-0.15, -0.1) is 0 Å². The number of urea groups is 1. The van der Waals surface area contributed by atoms with Crippen LogP contribution in [0.3, 0.4) is 0 Å². The standard InChI is InChI=1S/C21H21ClF3N5O2/c1-12(19(26)31)8-13-9-16(22)18(28-10-13)14-4-6-30(7-5-14)20(32)29-17-3-2-15(11-27-17)21(23,24)25/h2-4,9-12H,5-8H2,1H3,(H2,26,31)(H,27,29,32).